The fraction of sp³-hybridized carbons (Fsp3) is 0.391. The number of ether oxygens (including phenoxy) is 2. The standard InChI is InChI=1S/C23H32N4O3.HI/c1-24-23(27(4)16-19-10-11-20(29-5)15-21(19)30-6)25-13-12-17-8-7-9-18(14-17)22(28)26(2)3;/h7-11,14-15H,12-13,16H2,1-6H3,(H,24,25);1H. The molecule has 1 amide bonds. The molecule has 0 radical (unpaired) electrons. The minimum Gasteiger partial charge on any atom is -0.497 e. The first-order chi connectivity index (χ1) is 14.4. The molecule has 2 aromatic rings. The fourth-order valence-corrected chi connectivity index (χ4v) is 3.13. The number of halogens is 1. The van der Waals surface area contributed by atoms with Gasteiger partial charge < -0.3 is 24.6 Å². The van der Waals surface area contributed by atoms with Crippen molar-refractivity contribution in [2.24, 2.45) is 4.99 Å². The molecular formula is C23H33IN4O3. The Hall–Kier alpha value is -2.49. The number of rotatable bonds is 8. The highest BCUT2D eigenvalue weighted by atomic mass is 127. The minimum atomic E-state index is 0. The van der Waals surface area contributed by atoms with E-state index in [0.29, 0.717) is 18.7 Å². The summed E-state index contributed by atoms with van der Waals surface area (Å²) in [5, 5.41) is 3.38. The maximum atomic E-state index is 12.1. The van der Waals surface area contributed by atoms with Crippen LogP contribution in [0.1, 0.15) is 21.5 Å². The Balaban J connectivity index is 0.00000480. The van der Waals surface area contributed by atoms with Crippen molar-refractivity contribution in [3.05, 3.63) is 59.2 Å². The number of methoxy groups -OCH3 is 2. The second kappa shape index (κ2) is 13.0. The predicted octanol–water partition coefficient (Wildman–Crippen LogP) is 3.27. The average Bonchev–Trinajstić information content (AvgIpc) is 2.76. The van der Waals surface area contributed by atoms with Crippen LogP contribution in [-0.4, -0.2) is 70.6 Å². The molecule has 0 aliphatic heterocycles. The topological polar surface area (TPSA) is 66.4 Å². The van der Waals surface area contributed by atoms with Crippen LogP contribution in [-0.2, 0) is 13.0 Å². The first-order valence-electron chi connectivity index (χ1n) is 9.82. The Kier molecular flexibility index (Phi) is 11.2. The van der Waals surface area contributed by atoms with Crippen LogP contribution in [0.5, 0.6) is 11.5 Å². The number of nitrogens with zero attached hydrogens (tertiary/aromatic N) is 3. The summed E-state index contributed by atoms with van der Waals surface area (Å²) in [6, 6.07) is 13.5. The van der Waals surface area contributed by atoms with Gasteiger partial charge in [0, 0.05) is 58.5 Å². The number of carbonyl (C=O) groups excluding carboxylic acids is 1. The quantitative estimate of drug-likeness (QED) is 0.317. The van der Waals surface area contributed by atoms with Crippen LogP contribution in [0.4, 0.5) is 0 Å². The van der Waals surface area contributed by atoms with Crippen LogP contribution in [0.25, 0.3) is 0 Å². The number of aliphatic imine (C=N–C) groups is 1. The lowest BCUT2D eigenvalue weighted by Crippen LogP contribution is -2.39. The lowest BCUT2D eigenvalue weighted by molar-refractivity contribution is 0.0827. The van der Waals surface area contributed by atoms with Gasteiger partial charge in [0.05, 0.1) is 14.2 Å². The number of nitrogens with one attached hydrogen (secondary N) is 1. The first kappa shape index (κ1) is 26.5. The summed E-state index contributed by atoms with van der Waals surface area (Å²) >= 11 is 0. The van der Waals surface area contributed by atoms with Crippen molar-refractivity contribution >= 4 is 35.8 Å². The number of guanidine groups is 1. The van der Waals surface area contributed by atoms with Crippen LogP contribution >= 0.6 is 24.0 Å². The second-order valence-corrected chi connectivity index (χ2v) is 7.16. The molecule has 0 spiro atoms. The van der Waals surface area contributed by atoms with E-state index >= 15 is 0 Å². The van der Waals surface area contributed by atoms with Gasteiger partial charge in [-0.3, -0.25) is 9.79 Å². The monoisotopic (exact) mass is 540 g/mol. The van der Waals surface area contributed by atoms with Gasteiger partial charge in [0.2, 0.25) is 0 Å². The molecule has 0 saturated carbocycles. The SMILES string of the molecule is CN=C(NCCc1cccc(C(=O)N(C)C)c1)N(C)Cc1ccc(OC)cc1OC.I. The van der Waals surface area contributed by atoms with Crippen molar-refractivity contribution in [2.75, 3.05) is 49.0 Å². The molecule has 0 saturated heterocycles. The van der Waals surface area contributed by atoms with E-state index in [1.807, 2.05) is 54.4 Å². The third kappa shape index (κ3) is 7.61. The summed E-state index contributed by atoms with van der Waals surface area (Å²) in [5.41, 5.74) is 2.84. The Morgan fingerprint density at radius 2 is 1.81 bits per heavy atom. The van der Waals surface area contributed by atoms with E-state index in [0.717, 1.165) is 35.0 Å². The summed E-state index contributed by atoms with van der Waals surface area (Å²) < 4.78 is 10.8. The number of carbonyl (C=O) groups is 1. The molecular weight excluding hydrogens is 507 g/mol. The van der Waals surface area contributed by atoms with Crippen molar-refractivity contribution in [2.45, 2.75) is 13.0 Å². The van der Waals surface area contributed by atoms with Gasteiger partial charge in [0.1, 0.15) is 11.5 Å². The number of amides is 1. The Morgan fingerprint density at radius 3 is 2.42 bits per heavy atom. The van der Waals surface area contributed by atoms with Crippen LogP contribution in [0.2, 0.25) is 0 Å². The van der Waals surface area contributed by atoms with E-state index in [4.69, 9.17) is 9.47 Å². The molecule has 0 heterocycles. The molecule has 2 rings (SSSR count). The zero-order valence-corrected chi connectivity index (χ0v) is 21.5. The predicted molar refractivity (Wildman–Crippen MR) is 136 cm³/mol. The summed E-state index contributed by atoms with van der Waals surface area (Å²) in [7, 11) is 10.6. The lowest BCUT2D eigenvalue weighted by Gasteiger charge is -2.23. The van der Waals surface area contributed by atoms with E-state index < -0.39 is 0 Å². The van der Waals surface area contributed by atoms with E-state index in [1.54, 1.807) is 40.3 Å². The van der Waals surface area contributed by atoms with Gasteiger partial charge in [0.25, 0.3) is 5.91 Å². The zero-order valence-electron chi connectivity index (χ0n) is 19.1. The molecule has 170 valence electrons. The Bertz CT molecular complexity index is 887. The molecule has 0 unspecified atom stereocenters. The molecule has 0 aliphatic carbocycles. The summed E-state index contributed by atoms with van der Waals surface area (Å²) in [6.07, 6.45) is 0.785. The number of benzene rings is 2. The summed E-state index contributed by atoms with van der Waals surface area (Å²) in [6.45, 7) is 1.34. The van der Waals surface area contributed by atoms with E-state index in [2.05, 4.69) is 10.3 Å². The maximum absolute atomic E-state index is 12.1. The minimum absolute atomic E-state index is 0. The lowest BCUT2D eigenvalue weighted by atomic mass is 10.1. The van der Waals surface area contributed by atoms with Gasteiger partial charge in [-0.15, -0.1) is 24.0 Å². The van der Waals surface area contributed by atoms with Gasteiger partial charge in [-0.25, -0.2) is 0 Å². The third-order valence-electron chi connectivity index (χ3n) is 4.75. The molecule has 31 heavy (non-hydrogen) atoms. The van der Waals surface area contributed by atoms with Crippen LogP contribution in [0.3, 0.4) is 0 Å². The summed E-state index contributed by atoms with van der Waals surface area (Å²) in [4.78, 5) is 20.1. The normalized spacial score (nSPS) is 10.7. The number of hydrogen-bond donors (Lipinski definition) is 1. The zero-order chi connectivity index (χ0) is 22.1. The first-order valence-corrected chi connectivity index (χ1v) is 9.82. The molecule has 2 aromatic carbocycles. The number of hydrogen-bond acceptors (Lipinski definition) is 4. The molecule has 0 bridgehead atoms. The van der Waals surface area contributed by atoms with Crippen LogP contribution in [0, 0.1) is 0 Å². The third-order valence-corrected chi connectivity index (χ3v) is 4.75. The largest absolute Gasteiger partial charge is 0.497 e. The van der Waals surface area contributed by atoms with Crippen molar-refractivity contribution < 1.29 is 14.3 Å². The van der Waals surface area contributed by atoms with Gasteiger partial charge in [-0.1, -0.05) is 12.1 Å². The molecule has 0 atom stereocenters. The van der Waals surface area contributed by atoms with Crippen molar-refractivity contribution in [3.8, 4) is 11.5 Å². The van der Waals surface area contributed by atoms with E-state index in [-0.39, 0.29) is 29.9 Å². The molecule has 1 N–H and O–H groups in total. The van der Waals surface area contributed by atoms with Crippen molar-refractivity contribution in [1.82, 2.24) is 15.1 Å². The Morgan fingerprint density at radius 1 is 1.06 bits per heavy atom. The summed E-state index contributed by atoms with van der Waals surface area (Å²) in [5.74, 6) is 2.33. The Labute approximate surface area is 202 Å². The highest BCUT2D eigenvalue weighted by molar-refractivity contribution is 14.0. The van der Waals surface area contributed by atoms with E-state index in [9.17, 15) is 4.79 Å². The molecule has 0 aromatic heterocycles. The molecule has 8 heteroatoms. The van der Waals surface area contributed by atoms with Gasteiger partial charge >= 0.3 is 0 Å². The van der Waals surface area contributed by atoms with Gasteiger partial charge in [-0.05, 0) is 36.2 Å². The van der Waals surface area contributed by atoms with Crippen LogP contribution < -0.4 is 14.8 Å². The molecule has 0 fully saturated rings. The highest BCUT2D eigenvalue weighted by Gasteiger charge is 2.12. The van der Waals surface area contributed by atoms with Gasteiger partial charge in [0.15, 0.2) is 5.96 Å². The average molecular weight is 540 g/mol. The van der Waals surface area contributed by atoms with E-state index in [1.165, 1.54) is 0 Å². The fourth-order valence-electron chi connectivity index (χ4n) is 3.13. The molecule has 0 aliphatic rings. The molecule has 7 nitrogen and oxygen atoms in total. The van der Waals surface area contributed by atoms with Gasteiger partial charge in [-0.2, -0.15) is 0 Å². The van der Waals surface area contributed by atoms with Crippen molar-refractivity contribution in [1.29, 1.82) is 0 Å². The van der Waals surface area contributed by atoms with Crippen LogP contribution in [0.15, 0.2) is 47.5 Å². The smallest absolute Gasteiger partial charge is 0.253 e. The van der Waals surface area contributed by atoms with Crippen molar-refractivity contribution in [3.63, 3.8) is 0 Å². The maximum Gasteiger partial charge on any atom is 0.253 e. The highest BCUT2D eigenvalue weighted by Crippen LogP contribution is 2.25. The second-order valence-electron chi connectivity index (χ2n) is 7.16.